The minimum Gasteiger partial charge on any atom is -0.326 e. The van der Waals surface area contributed by atoms with Gasteiger partial charge in [0.15, 0.2) is 0 Å². The number of nitrogens with zero attached hydrogens (tertiary/aromatic N) is 1. The molecule has 0 fully saturated rings. The molecule has 2 N–H and O–H groups in total. The predicted molar refractivity (Wildman–Crippen MR) is 103 cm³/mol. The summed E-state index contributed by atoms with van der Waals surface area (Å²) in [5, 5.41) is 3.23. The number of ketones is 1. The Labute approximate surface area is 144 Å². The number of anilines is 2. The normalized spacial score (nSPS) is 10.2. The first-order valence-electron chi connectivity index (χ1n) is 8.33. The molecular weight excluding hydrogens is 298 g/mol. The third-order valence-corrected chi connectivity index (χ3v) is 3.27. The molecule has 0 saturated carbocycles. The van der Waals surface area contributed by atoms with Gasteiger partial charge in [0.2, 0.25) is 5.95 Å². The first-order chi connectivity index (χ1) is 11.6. The molecule has 1 aromatic heterocycles. The Kier molecular flexibility index (Phi) is 8.26. The molecule has 1 aromatic carbocycles. The number of H-pyrrole nitrogens is 1. The molecular formula is C20H27N3O. The second-order valence-corrected chi connectivity index (χ2v) is 5.11. The van der Waals surface area contributed by atoms with E-state index in [1.54, 1.807) is 13.0 Å². The van der Waals surface area contributed by atoms with Crippen LogP contribution in [0.3, 0.4) is 0 Å². The molecule has 4 nitrogen and oxygen atoms in total. The van der Waals surface area contributed by atoms with Crippen molar-refractivity contribution in [3.05, 3.63) is 53.9 Å². The Bertz CT molecular complexity index is 681. The maximum Gasteiger partial charge on any atom is 0.205 e. The minimum absolute atomic E-state index is 0.214. The fraction of sp³-hybridized carbons (Fsp3) is 0.300. The van der Waals surface area contributed by atoms with Crippen LogP contribution in [0.2, 0.25) is 0 Å². The summed E-state index contributed by atoms with van der Waals surface area (Å²) in [5.41, 5.74) is 3.85. The van der Waals surface area contributed by atoms with E-state index in [4.69, 9.17) is 0 Å². The summed E-state index contributed by atoms with van der Waals surface area (Å²) in [6.07, 6.45) is 7.00. The lowest BCUT2D eigenvalue weighted by Gasteiger charge is -2.04. The SMILES string of the molecule is C=Cc1nc(Nc2ccc(CCC(C)=O)cc2)[nH]c1/C=C\C.CC. The fourth-order valence-corrected chi connectivity index (χ4v) is 2.12. The molecule has 0 amide bonds. The van der Waals surface area contributed by atoms with Gasteiger partial charge in [0.05, 0.1) is 11.4 Å². The van der Waals surface area contributed by atoms with Gasteiger partial charge in [-0.15, -0.1) is 0 Å². The van der Waals surface area contributed by atoms with Crippen LogP contribution >= 0.6 is 0 Å². The molecule has 2 rings (SSSR count). The minimum atomic E-state index is 0.214. The Hall–Kier alpha value is -2.62. The van der Waals surface area contributed by atoms with E-state index in [9.17, 15) is 4.79 Å². The maximum absolute atomic E-state index is 11.0. The Morgan fingerprint density at radius 1 is 1.29 bits per heavy atom. The number of hydrogen-bond acceptors (Lipinski definition) is 3. The van der Waals surface area contributed by atoms with Crippen molar-refractivity contribution in [1.82, 2.24) is 9.97 Å². The quantitative estimate of drug-likeness (QED) is 0.719. The van der Waals surface area contributed by atoms with Crippen molar-refractivity contribution in [2.24, 2.45) is 0 Å². The zero-order valence-electron chi connectivity index (χ0n) is 15.0. The van der Waals surface area contributed by atoms with Crippen molar-refractivity contribution in [2.75, 3.05) is 5.32 Å². The van der Waals surface area contributed by atoms with Crippen LogP contribution in [-0.4, -0.2) is 15.8 Å². The number of allylic oxidation sites excluding steroid dienone is 1. The van der Waals surface area contributed by atoms with E-state index in [0.29, 0.717) is 12.4 Å². The summed E-state index contributed by atoms with van der Waals surface area (Å²) in [6, 6.07) is 8.02. The van der Waals surface area contributed by atoms with Gasteiger partial charge in [-0.25, -0.2) is 4.98 Å². The van der Waals surface area contributed by atoms with Gasteiger partial charge in [0.25, 0.3) is 0 Å². The van der Waals surface area contributed by atoms with Gasteiger partial charge in [0.1, 0.15) is 5.78 Å². The van der Waals surface area contributed by atoms with E-state index in [2.05, 4.69) is 21.9 Å². The van der Waals surface area contributed by atoms with Gasteiger partial charge < -0.3 is 15.1 Å². The van der Waals surface area contributed by atoms with Gasteiger partial charge in [-0.3, -0.25) is 0 Å². The lowest BCUT2D eigenvalue weighted by Crippen LogP contribution is -1.95. The number of aromatic nitrogens is 2. The zero-order chi connectivity index (χ0) is 17.9. The summed E-state index contributed by atoms with van der Waals surface area (Å²) in [7, 11) is 0. The van der Waals surface area contributed by atoms with E-state index < -0.39 is 0 Å². The van der Waals surface area contributed by atoms with Crippen molar-refractivity contribution in [1.29, 1.82) is 0 Å². The smallest absolute Gasteiger partial charge is 0.205 e. The largest absolute Gasteiger partial charge is 0.326 e. The van der Waals surface area contributed by atoms with Crippen molar-refractivity contribution >= 4 is 29.6 Å². The third-order valence-electron chi connectivity index (χ3n) is 3.27. The van der Waals surface area contributed by atoms with E-state index in [-0.39, 0.29) is 5.78 Å². The molecule has 0 atom stereocenters. The lowest BCUT2D eigenvalue weighted by atomic mass is 10.1. The molecule has 0 unspecified atom stereocenters. The molecule has 24 heavy (non-hydrogen) atoms. The summed E-state index contributed by atoms with van der Waals surface area (Å²) >= 11 is 0. The van der Waals surface area contributed by atoms with Crippen LogP contribution in [0, 0.1) is 0 Å². The molecule has 4 heteroatoms. The second-order valence-electron chi connectivity index (χ2n) is 5.11. The fourth-order valence-electron chi connectivity index (χ4n) is 2.12. The average molecular weight is 325 g/mol. The topological polar surface area (TPSA) is 57.8 Å². The summed E-state index contributed by atoms with van der Waals surface area (Å²) in [5.74, 6) is 0.894. The number of aryl methyl sites for hydroxylation is 1. The zero-order valence-corrected chi connectivity index (χ0v) is 15.0. The molecule has 0 bridgehead atoms. The van der Waals surface area contributed by atoms with E-state index in [1.165, 1.54) is 0 Å². The number of imidazole rings is 1. The first-order valence-corrected chi connectivity index (χ1v) is 8.33. The molecule has 0 saturated heterocycles. The van der Waals surface area contributed by atoms with E-state index >= 15 is 0 Å². The van der Waals surface area contributed by atoms with Gasteiger partial charge in [0, 0.05) is 12.1 Å². The number of carbonyl (C=O) groups is 1. The van der Waals surface area contributed by atoms with Gasteiger partial charge >= 0.3 is 0 Å². The Morgan fingerprint density at radius 3 is 2.50 bits per heavy atom. The van der Waals surface area contributed by atoms with Crippen LogP contribution in [0.25, 0.3) is 12.2 Å². The Morgan fingerprint density at radius 2 is 1.96 bits per heavy atom. The highest BCUT2D eigenvalue weighted by molar-refractivity contribution is 5.75. The number of Topliss-reactive ketones (excluding diaryl/α,β-unsaturated/α-hetero) is 1. The first kappa shape index (κ1) is 19.4. The average Bonchev–Trinajstić information content (AvgIpc) is 2.98. The maximum atomic E-state index is 11.0. The van der Waals surface area contributed by atoms with Crippen LogP contribution in [-0.2, 0) is 11.2 Å². The van der Waals surface area contributed by atoms with Crippen LogP contribution in [0.5, 0.6) is 0 Å². The van der Waals surface area contributed by atoms with Crippen LogP contribution < -0.4 is 5.32 Å². The lowest BCUT2D eigenvalue weighted by molar-refractivity contribution is -0.116. The number of hydrogen-bond donors (Lipinski definition) is 2. The number of rotatable bonds is 7. The molecule has 0 radical (unpaired) electrons. The van der Waals surface area contributed by atoms with Crippen LogP contribution in [0.1, 0.15) is 51.1 Å². The number of aromatic amines is 1. The summed E-state index contributed by atoms with van der Waals surface area (Å²) in [4.78, 5) is 18.7. The van der Waals surface area contributed by atoms with Crippen molar-refractivity contribution in [3.8, 4) is 0 Å². The van der Waals surface area contributed by atoms with Crippen LogP contribution in [0.15, 0.2) is 36.9 Å². The van der Waals surface area contributed by atoms with Crippen LogP contribution in [0.4, 0.5) is 11.6 Å². The highest BCUT2D eigenvalue weighted by atomic mass is 16.1. The highest BCUT2D eigenvalue weighted by Gasteiger charge is 2.05. The molecule has 1 heterocycles. The Balaban J connectivity index is 0.00000139. The van der Waals surface area contributed by atoms with E-state index in [1.807, 2.05) is 57.2 Å². The van der Waals surface area contributed by atoms with Gasteiger partial charge in [-0.1, -0.05) is 38.6 Å². The van der Waals surface area contributed by atoms with Gasteiger partial charge in [-0.05, 0) is 50.1 Å². The highest BCUT2D eigenvalue weighted by Crippen LogP contribution is 2.18. The molecule has 0 aliphatic rings. The van der Waals surface area contributed by atoms with Crippen molar-refractivity contribution in [3.63, 3.8) is 0 Å². The second kappa shape index (κ2) is 10.2. The molecule has 128 valence electrons. The standard InChI is InChI=1S/C18H21N3O.C2H6/c1-4-6-17-16(5-2)20-18(21-17)19-15-11-9-14(10-12-15)8-7-13(3)22;1-2/h4-6,9-12H,2,7-8H2,1,3H3,(H2,19,20,21);1-2H3/b6-4-;. The number of carbonyl (C=O) groups excluding carboxylic acids is 1. The third kappa shape index (κ3) is 5.88. The molecule has 2 aromatic rings. The summed E-state index contributed by atoms with van der Waals surface area (Å²) in [6.45, 7) is 11.3. The summed E-state index contributed by atoms with van der Waals surface area (Å²) < 4.78 is 0. The van der Waals surface area contributed by atoms with E-state index in [0.717, 1.165) is 29.1 Å². The molecule has 0 aliphatic heterocycles. The monoisotopic (exact) mass is 325 g/mol. The molecule has 0 aliphatic carbocycles. The van der Waals surface area contributed by atoms with Gasteiger partial charge in [-0.2, -0.15) is 0 Å². The molecule has 0 spiro atoms. The van der Waals surface area contributed by atoms with Crippen molar-refractivity contribution < 1.29 is 4.79 Å². The number of nitrogens with one attached hydrogen (secondary N) is 2. The number of benzene rings is 1. The van der Waals surface area contributed by atoms with Crippen molar-refractivity contribution in [2.45, 2.75) is 40.5 Å². The predicted octanol–water partition coefficient (Wildman–Crippen LogP) is 5.38.